The van der Waals surface area contributed by atoms with E-state index in [1.807, 2.05) is 6.92 Å². The summed E-state index contributed by atoms with van der Waals surface area (Å²) < 4.78 is 5.62. The third-order valence-corrected chi connectivity index (χ3v) is 5.55. The van der Waals surface area contributed by atoms with E-state index in [0.717, 1.165) is 36.2 Å². The molecule has 2 aromatic rings. The summed E-state index contributed by atoms with van der Waals surface area (Å²) in [6.07, 6.45) is 6.65. The zero-order valence-corrected chi connectivity index (χ0v) is 13.1. The fourth-order valence-electron chi connectivity index (χ4n) is 4.09. The highest BCUT2D eigenvalue weighted by Crippen LogP contribution is 2.33. The van der Waals surface area contributed by atoms with Gasteiger partial charge in [0, 0.05) is 30.1 Å². The fourth-order valence-corrected chi connectivity index (χ4v) is 4.09. The number of rotatable bonds is 1. The number of nitrogens with zero attached hydrogens (tertiary/aromatic N) is 2. The Morgan fingerprint density at radius 2 is 2.00 bits per heavy atom. The molecule has 1 aliphatic heterocycles. The highest BCUT2D eigenvalue weighted by molar-refractivity contribution is 5.83. The first-order chi connectivity index (χ1) is 10.2. The van der Waals surface area contributed by atoms with Crippen molar-refractivity contribution in [1.29, 1.82) is 0 Å². The molecule has 2 heterocycles. The van der Waals surface area contributed by atoms with Crippen molar-refractivity contribution in [3.05, 3.63) is 29.0 Å². The fraction of sp³-hybridized carbons (Fsp3) is 0.611. The average Bonchev–Trinajstić information content (AvgIpc) is 2.89. The van der Waals surface area contributed by atoms with E-state index in [2.05, 4.69) is 29.1 Å². The van der Waals surface area contributed by atoms with Crippen LogP contribution in [-0.4, -0.2) is 22.6 Å². The Morgan fingerprint density at radius 1 is 1.19 bits per heavy atom. The molecule has 1 fully saturated rings. The van der Waals surface area contributed by atoms with Gasteiger partial charge < -0.3 is 4.52 Å². The Hall–Kier alpha value is -1.35. The molecule has 0 N–H and O–H groups in total. The molecule has 1 aromatic heterocycles. The van der Waals surface area contributed by atoms with Crippen LogP contribution in [0.1, 0.15) is 49.4 Å². The van der Waals surface area contributed by atoms with Gasteiger partial charge >= 0.3 is 0 Å². The molecule has 0 bridgehead atoms. The summed E-state index contributed by atoms with van der Waals surface area (Å²) in [4.78, 5) is 2.69. The largest absolute Gasteiger partial charge is 0.356 e. The molecule has 3 heteroatoms. The van der Waals surface area contributed by atoms with Crippen LogP contribution >= 0.6 is 0 Å². The van der Waals surface area contributed by atoms with Crippen LogP contribution in [0.5, 0.6) is 0 Å². The van der Waals surface area contributed by atoms with E-state index in [0.29, 0.717) is 0 Å². The lowest BCUT2D eigenvalue weighted by molar-refractivity contribution is 0.126. The topological polar surface area (TPSA) is 29.3 Å². The summed E-state index contributed by atoms with van der Waals surface area (Å²) in [5.41, 5.74) is 4.88. The van der Waals surface area contributed by atoms with Crippen molar-refractivity contribution in [1.82, 2.24) is 10.1 Å². The molecule has 1 aromatic carbocycles. The summed E-state index contributed by atoms with van der Waals surface area (Å²) in [7, 11) is 0. The third kappa shape index (κ3) is 2.28. The summed E-state index contributed by atoms with van der Waals surface area (Å²) in [5, 5.41) is 5.35. The normalized spacial score (nSPS) is 27.0. The Kier molecular flexibility index (Phi) is 3.26. The van der Waals surface area contributed by atoms with Gasteiger partial charge in [-0.1, -0.05) is 18.1 Å². The van der Waals surface area contributed by atoms with Crippen LogP contribution in [0.25, 0.3) is 11.0 Å². The van der Waals surface area contributed by atoms with E-state index in [1.54, 1.807) is 0 Å². The van der Waals surface area contributed by atoms with Crippen LogP contribution in [-0.2, 0) is 13.0 Å². The van der Waals surface area contributed by atoms with Gasteiger partial charge in [-0.05, 0) is 56.6 Å². The number of hydrogen-bond donors (Lipinski definition) is 0. The minimum Gasteiger partial charge on any atom is -0.356 e. The minimum absolute atomic E-state index is 0.772. The minimum atomic E-state index is 0.772. The van der Waals surface area contributed by atoms with E-state index in [-0.39, 0.29) is 0 Å². The first-order valence-electron chi connectivity index (χ1n) is 8.33. The second-order valence-electron chi connectivity index (χ2n) is 6.98. The van der Waals surface area contributed by atoms with Gasteiger partial charge in [0.2, 0.25) is 0 Å². The zero-order chi connectivity index (χ0) is 14.4. The van der Waals surface area contributed by atoms with Gasteiger partial charge in [0.1, 0.15) is 0 Å². The van der Waals surface area contributed by atoms with Crippen LogP contribution in [0.4, 0.5) is 0 Å². The van der Waals surface area contributed by atoms with Crippen LogP contribution < -0.4 is 0 Å². The summed E-state index contributed by atoms with van der Waals surface area (Å²) in [6, 6.07) is 5.23. The molecule has 0 unspecified atom stereocenters. The maximum Gasteiger partial charge on any atom is 0.171 e. The molecular formula is C18H24N2O. The van der Waals surface area contributed by atoms with Crippen LogP contribution in [0.3, 0.4) is 0 Å². The van der Waals surface area contributed by atoms with E-state index in [1.165, 1.54) is 48.7 Å². The molecule has 2 aliphatic rings. The van der Waals surface area contributed by atoms with E-state index in [9.17, 15) is 0 Å². The smallest absolute Gasteiger partial charge is 0.171 e. The molecule has 1 aliphatic carbocycles. The third-order valence-electron chi connectivity index (χ3n) is 5.55. The lowest BCUT2D eigenvalue weighted by atomic mass is 9.85. The van der Waals surface area contributed by atoms with E-state index in [4.69, 9.17) is 4.52 Å². The van der Waals surface area contributed by atoms with Crippen LogP contribution in [0.2, 0.25) is 0 Å². The first kappa shape index (κ1) is 13.3. The number of aromatic nitrogens is 1. The van der Waals surface area contributed by atoms with Crippen molar-refractivity contribution in [2.45, 2.75) is 58.5 Å². The van der Waals surface area contributed by atoms with Crippen LogP contribution in [0, 0.1) is 12.8 Å². The zero-order valence-electron chi connectivity index (χ0n) is 13.1. The Bertz CT molecular complexity index is 653. The predicted molar refractivity (Wildman–Crippen MR) is 84.3 cm³/mol. The van der Waals surface area contributed by atoms with E-state index >= 15 is 0 Å². The average molecular weight is 284 g/mol. The maximum absolute atomic E-state index is 5.62. The maximum atomic E-state index is 5.62. The summed E-state index contributed by atoms with van der Waals surface area (Å²) >= 11 is 0. The lowest BCUT2D eigenvalue weighted by Gasteiger charge is -2.38. The highest BCUT2D eigenvalue weighted by Gasteiger charge is 2.28. The molecule has 1 saturated carbocycles. The number of fused-ring (bicyclic) bond motifs is 3. The van der Waals surface area contributed by atoms with Crippen molar-refractivity contribution in [3.8, 4) is 0 Å². The van der Waals surface area contributed by atoms with Crippen molar-refractivity contribution >= 4 is 11.0 Å². The van der Waals surface area contributed by atoms with Gasteiger partial charge in [-0.2, -0.15) is 0 Å². The lowest BCUT2D eigenvalue weighted by Crippen LogP contribution is -2.41. The number of hydrogen-bond acceptors (Lipinski definition) is 3. The molecule has 0 spiro atoms. The van der Waals surface area contributed by atoms with Gasteiger partial charge in [0.25, 0.3) is 0 Å². The molecule has 112 valence electrons. The Labute approximate surface area is 126 Å². The van der Waals surface area contributed by atoms with Crippen molar-refractivity contribution in [2.24, 2.45) is 5.92 Å². The Balaban J connectivity index is 1.63. The van der Waals surface area contributed by atoms with Crippen molar-refractivity contribution < 1.29 is 4.52 Å². The van der Waals surface area contributed by atoms with Gasteiger partial charge in [0.05, 0.1) is 5.69 Å². The molecule has 21 heavy (non-hydrogen) atoms. The Morgan fingerprint density at radius 3 is 2.81 bits per heavy atom. The van der Waals surface area contributed by atoms with Gasteiger partial charge in [0.15, 0.2) is 5.58 Å². The molecule has 4 rings (SSSR count). The molecule has 3 nitrogen and oxygen atoms in total. The second-order valence-corrected chi connectivity index (χ2v) is 6.98. The molecule has 0 amide bonds. The van der Waals surface area contributed by atoms with E-state index < -0.39 is 0 Å². The predicted octanol–water partition coefficient (Wildman–Crippen LogP) is 4.07. The molecule has 0 atom stereocenters. The molecule has 0 radical (unpaired) electrons. The van der Waals surface area contributed by atoms with Crippen molar-refractivity contribution in [2.75, 3.05) is 6.54 Å². The number of benzene rings is 1. The van der Waals surface area contributed by atoms with Crippen LogP contribution in [0.15, 0.2) is 16.7 Å². The quantitative estimate of drug-likeness (QED) is 0.790. The van der Waals surface area contributed by atoms with Gasteiger partial charge in [-0.3, -0.25) is 4.90 Å². The summed E-state index contributed by atoms with van der Waals surface area (Å²) in [6.45, 7) is 6.66. The van der Waals surface area contributed by atoms with Crippen molar-refractivity contribution in [3.63, 3.8) is 0 Å². The first-order valence-corrected chi connectivity index (χ1v) is 8.33. The summed E-state index contributed by atoms with van der Waals surface area (Å²) in [5.74, 6) is 0.918. The van der Waals surface area contributed by atoms with Gasteiger partial charge in [-0.25, -0.2) is 0 Å². The SMILES string of the molecule is Cc1noc2c3c(ccc12)CCN(C1CCC(C)CC1)C3. The standard InChI is InChI=1S/C18H24N2O/c1-12-3-6-15(7-4-12)20-10-9-14-5-8-16-13(2)19-21-18(16)17(14)11-20/h5,8,12,15H,3-4,6-7,9-11H2,1-2H3. The monoisotopic (exact) mass is 284 g/mol. The second kappa shape index (κ2) is 5.13. The van der Waals surface area contributed by atoms with Gasteiger partial charge in [-0.15, -0.1) is 0 Å². The molecular weight excluding hydrogens is 260 g/mol. The molecule has 0 saturated heterocycles. The highest BCUT2D eigenvalue weighted by atomic mass is 16.5. The number of aryl methyl sites for hydroxylation is 1.